The lowest BCUT2D eigenvalue weighted by Crippen LogP contribution is -2.17. The fraction of sp³-hybridized carbons (Fsp3) is 0.533. The Morgan fingerprint density at radius 3 is 2.79 bits per heavy atom. The number of carbonyl (C=O) groups is 1. The monoisotopic (exact) mass is 283 g/mol. The molecular weight excluding hydrogens is 262 g/mol. The summed E-state index contributed by atoms with van der Waals surface area (Å²) in [6, 6.07) is 7.27. The maximum absolute atomic E-state index is 11.5. The van der Waals surface area contributed by atoms with Crippen LogP contribution < -0.4 is 5.32 Å². The molecule has 0 aliphatic heterocycles. The van der Waals surface area contributed by atoms with E-state index in [9.17, 15) is 4.79 Å². The summed E-state index contributed by atoms with van der Waals surface area (Å²) in [5, 5.41) is 3.63. The Morgan fingerprint density at radius 2 is 2.05 bits per heavy atom. The fourth-order valence-corrected chi connectivity index (χ4v) is 1.91. The second-order valence-electron chi connectivity index (χ2n) is 4.50. The molecule has 0 aromatic heterocycles. The Labute approximate surface area is 120 Å². The molecule has 3 nitrogen and oxygen atoms in total. The summed E-state index contributed by atoms with van der Waals surface area (Å²) < 4.78 is 5.14. The summed E-state index contributed by atoms with van der Waals surface area (Å²) in [7, 11) is 0. The molecule has 0 fully saturated rings. The van der Waals surface area contributed by atoms with Crippen LogP contribution in [0.15, 0.2) is 24.3 Å². The molecule has 0 aliphatic carbocycles. The minimum Gasteiger partial charge on any atom is -0.464 e. The van der Waals surface area contributed by atoms with Crippen LogP contribution in [0.3, 0.4) is 0 Å². The molecule has 0 atom stereocenters. The molecule has 0 amide bonds. The summed E-state index contributed by atoms with van der Waals surface area (Å²) in [6.45, 7) is 2.87. The van der Waals surface area contributed by atoms with Crippen LogP contribution >= 0.6 is 11.6 Å². The van der Waals surface area contributed by atoms with Gasteiger partial charge in [-0.05, 0) is 24.6 Å². The van der Waals surface area contributed by atoms with Crippen LogP contribution in [0.25, 0.3) is 0 Å². The van der Waals surface area contributed by atoms with Gasteiger partial charge in [-0.25, -0.2) is 0 Å². The van der Waals surface area contributed by atoms with Gasteiger partial charge in [0.2, 0.25) is 0 Å². The van der Waals surface area contributed by atoms with E-state index in [1.165, 1.54) is 19.3 Å². The molecule has 1 aromatic carbocycles. The first-order valence-electron chi connectivity index (χ1n) is 6.87. The number of unbranched alkanes of at least 4 members (excludes halogenated alkanes) is 4. The number of anilines is 1. The van der Waals surface area contributed by atoms with E-state index in [4.69, 9.17) is 16.3 Å². The van der Waals surface area contributed by atoms with Crippen molar-refractivity contribution in [2.75, 3.05) is 18.5 Å². The maximum atomic E-state index is 11.5. The highest BCUT2D eigenvalue weighted by Gasteiger charge is 2.02. The van der Waals surface area contributed by atoms with Crippen LogP contribution in [-0.4, -0.2) is 19.1 Å². The highest BCUT2D eigenvalue weighted by molar-refractivity contribution is 6.30. The summed E-state index contributed by atoms with van der Waals surface area (Å²) in [5.41, 5.74) is 0.826. The third-order valence-electron chi connectivity index (χ3n) is 2.77. The van der Waals surface area contributed by atoms with E-state index in [2.05, 4.69) is 12.2 Å². The van der Waals surface area contributed by atoms with Gasteiger partial charge in [-0.3, -0.25) is 4.79 Å². The first-order valence-corrected chi connectivity index (χ1v) is 7.25. The molecule has 0 heterocycles. The number of hydrogen-bond donors (Lipinski definition) is 1. The van der Waals surface area contributed by atoms with Gasteiger partial charge < -0.3 is 10.1 Å². The molecule has 1 N–H and O–H groups in total. The Bertz CT molecular complexity index is 382. The predicted molar refractivity (Wildman–Crippen MR) is 79.7 cm³/mol. The molecule has 0 bridgehead atoms. The average molecular weight is 284 g/mol. The lowest BCUT2D eigenvalue weighted by molar-refractivity contribution is -0.141. The van der Waals surface area contributed by atoms with E-state index < -0.39 is 0 Å². The zero-order chi connectivity index (χ0) is 13.9. The van der Waals surface area contributed by atoms with E-state index in [0.29, 0.717) is 11.6 Å². The molecule has 19 heavy (non-hydrogen) atoms. The van der Waals surface area contributed by atoms with Crippen LogP contribution in [0.1, 0.15) is 39.0 Å². The van der Waals surface area contributed by atoms with E-state index >= 15 is 0 Å². The largest absolute Gasteiger partial charge is 0.464 e. The molecule has 0 spiro atoms. The minimum atomic E-state index is -0.226. The highest BCUT2D eigenvalue weighted by atomic mass is 35.5. The molecule has 106 valence electrons. The van der Waals surface area contributed by atoms with Crippen molar-refractivity contribution in [2.45, 2.75) is 39.0 Å². The van der Waals surface area contributed by atoms with Crippen molar-refractivity contribution in [2.24, 2.45) is 0 Å². The molecule has 4 heteroatoms. The Morgan fingerprint density at radius 1 is 1.26 bits per heavy atom. The third-order valence-corrected chi connectivity index (χ3v) is 3.01. The Balaban J connectivity index is 2.08. The standard InChI is InChI=1S/C15H22ClNO2/c1-2-3-4-5-6-10-19-15(18)12-17-14-9-7-8-13(16)11-14/h7-9,11,17H,2-6,10,12H2,1H3. The van der Waals surface area contributed by atoms with Crippen LogP contribution in [0.5, 0.6) is 0 Å². The number of carbonyl (C=O) groups excluding carboxylic acids is 1. The number of nitrogens with one attached hydrogen (secondary N) is 1. The lowest BCUT2D eigenvalue weighted by Gasteiger charge is -2.07. The molecule has 0 saturated heterocycles. The van der Waals surface area contributed by atoms with E-state index in [1.54, 1.807) is 12.1 Å². The molecule has 0 saturated carbocycles. The highest BCUT2D eigenvalue weighted by Crippen LogP contribution is 2.14. The summed E-state index contributed by atoms with van der Waals surface area (Å²) in [5.74, 6) is -0.226. The zero-order valence-electron chi connectivity index (χ0n) is 11.5. The van der Waals surface area contributed by atoms with Gasteiger partial charge in [0.25, 0.3) is 0 Å². The molecule has 0 unspecified atom stereocenters. The number of hydrogen-bond acceptors (Lipinski definition) is 3. The maximum Gasteiger partial charge on any atom is 0.325 e. The number of benzene rings is 1. The SMILES string of the molecule is CCCCCCCOC(=O)CNc1cccc(Cl)c1. The van der Waals surface area contributed by atoms with Gasteiger partial charge in [0, 0.05) is 10.7 Å². The molecule has 0 radical (unpaired) electrons. The summed E-state index contributed by atoms with van der Waals surface area (Å²) >= 11 is 5.85. The normalized spacial score (nSPS) is 10.2. The van der Waals surface area contributed by atoms with Gasteiger partial charge in [-0.15, -0.1) is 0 Å². The third kappa shape index (κ3) is 7.73. The van der Waals surface area contributed by atoms with Gasteiger partial charge in [0.15, 0.2) is 0 Å². The lowest BCUT2D eigenvalue weighted by atomic mass is 10.2. The number of halogens is 1. The summed E-state index contributed by atoms with van der Waals surface area (Å²) in [6.07, 6.45) is 5.77. The molecular formula is C15H22ClNO2. The van der Waals surface area contributed by atoms with Crippen molar-refractivity contribution in [3.8, 4) is 0 Å². The Kier molecular flexibility index (Phi) is 8.07. The van der Waals surface area contributed by atoms with Crippen molar-refractivity contribution in [3.63, 3.8) is 0 Å². The Hall–Kier alpha value is -1.22. The zero-order valence-corrected chi connectivity index (χ0v) is 12.2. The quantitative estimate of drug-likeness (QED) is 0.543. The van der Waals surface area contributed by atoms with Crippen molar-refractivity contribution < 1.29 is 9.53 Å². The van der Waals surface area contributed by atoms with Crippen molar-refractivity contribution in [1.29, 1.82) is 0 Å². The molecule has 1 rings (SSSR count). The number of rotatable bonds is 9. The number of esters is 1. The predicted octanol–water partition coefficient (Wildman–Crippen LogP) is 4.27. The van der Waals surface area contributed by atoms with Gasteiger partial charge in [-0.1, -0.05) is 50.3 Å². The first-order chi connectivity index (χ1) is 9.22. The number of ether oxygens (including phenoxy) is 1. The van der Waals surface area contributed by atoms with Crippen LogP contribution in [0.4, 0.5) is 5.69 Å². The van der Waals surface area contributed by atoms with Crippen LogP contribution in [0.2, 0.25) is 5.02 Å². The van der Waals surface area contributed by atoms with Gasteiger partial charge >= 0.3 is 5.97 Å². The topological polar surface area (TPSA) is 38.3 Å². The smallest absolute Gasteiger partial charge is 0.325 e. The van der Waals surface area contributed by atoms with Gasteiger partial charge in [-0.2, -0.15) is 0 Å². The molecule has 1 aromatic rings. The molecule has 0 aliphatic rings. The van der Waals surface area contributed by atoms with Crippen molar-refractivity contribution >= 4 is 23.3 Å². The van der Waals surface area contributed by atoms with Crippen molar-refractivity contribution in [3.05, 3.63) is 29.3 Å². The second kappa shape index (κ2) is 9.68. The van der Waals surface area contributed by atoms with Crippen molar-refractivity contribution in [1.82, 2.24) is 0 Å². The average Bonchev–Trinajstić information content (AvgIpc) is 2.40. The minimum absolute atomic E-state index is 0.176. The van der Waals surface area contributed by atoms with E-state index in [-0.39, 0.29) is 12.5 Å². The second-order valence-corrected chi connectivity index (χ2v) is 4.94. The van der Waals surface area contributed by atoms with Gasteiger partial charge in [0.05, 0.1) is 6.61 Å². The van der Waals surface area contributed by atoms with Crippen LogP contribution in [0, 0.1) is 0 Å². The summed E-state index contributed by atoms with van der Waals surface area (Å²) in [4.78, 5) is 11.5. The van der Waals surface area contributed by atoms with E-state index in [0.717, 1.165) is 18.5 Å². The van der Waals surface area contributed by atoms with E-state index in [1.807, 2.05) is 12.1 Å². The van der Waals surface area contributed by atoms with Crippen LogP contribution in [-0.2, 0) is 9.53 Å². The fourth-order valence-electron chi connectivity index (χ4n) is 1.72. The van der Waals surface area contributed by atoms with Gasteiger partial charge in [0.1, 0.15) is 6.54 Å². The first kappa shape index (κ1) is 15.8.